The molecule has 0 unspecified atom stereocenters. The third-order valence-corrected chi connectivity index (χ3v) is 14.4. The highest BCUT2D eigenvalue weighted by Gasteiger charge is 2.22. The van der Waals surface area contributed by atoms with Crippen molar-refractivity contribution in [2.45, 2.75) is 246 Å². The van der Waals surface area contributed by atoms with Gasteiger partial charge in [0.2, 0.25) is 5.75 Å². The van der Waals surface area contributed by atoms with Crippen LogP contribution in [0.1, 0.15) is 247 Å². The van der Waals surface area contributed by atoms with Crippen molar-refractivity contribution in [3.8, 4) is 34.5 Å². The summed E-state index contributed by atoms with van der Waals surface area (Å²) in [4.78, 5) is 13.8. The van der Waals surface area contributed by atoms with E-state index in [1.807, 2.05) is 72.8 Å². The van der Waals surface area contributed by atoms with E-state index < -0.39 is 12.1 Å². The number of carbonyl (C=O) groups is 1. The number of aliphatic hydroxyl groups excluding tert-OH is 1. The summed E-state index contributed by atoms with van der Waals surface area (Å²) in [5.41, 5.74) is 3.02. The fraction of sp³-hybridized carbons (Fsp3) is 0.638. The van der Waals surface area contributed by atoms with E-state index in [1.54, 1.807) is 19.1 Å². The smallest absolute Gasteiger partial charge is 0.338 e. The van der Waals surface area contributed by atoms with Crippen molar-refractivity contribution in [1.29, 1.82) is 0 Å². The topological polar surface area (TPSA) is 111 Å². The first-order valence-corrected chi connectivity index (χ1v) is 31.5. The van der Waals surface area contributed by atoms with Crippen molar-refractivity contribution in [3.63, 3.8) is 0 Å². The molecule has 0 bridgehead atoms. The minimum absolute atomic E-state index is 0.00363. The Hall–Kier alpha value is -4.93. The minimum atomic E-state index is -0.568. The van der Waals surface area contributed by atoms with Crippen LogP contribution >= 0.6 is 0 Å². The maximum Gasteiger partial charge on any atom is 0.338 e. The average molecular weight is 1100 g/mol. The van der Waals surface area contributed by atoms with Gasteiger partial charge in [0.15, 0.2) is 11.5 Å². The SMILES string of the molecule is CCCCCCCCCCCCOc1ccc(COc2cc(C(=O)OC[C@H](C)OCCO)cc(OCc3ccc(OCCCCCCCCCCCC)cc3)c2OCc2ccc(OCCCCCCCCCCCC)cc2)cc1. The molecule has 10 heteroatoms. The van der Waals surface area contributed by atoms with Crippen LogP contribution < -0.4 is 28.4 Å². The molecule has 0 spiro atoms. The molecule has 0 aliphatic heterocycles. The quantitative estimate of drug-likeness (QED) is 0.0339. The Morgan fingerprint density at radius 1 is 0.392 bits per heavy atom. The van der Waals surface area contributed by atoms with E-state index >= 15 is 0 Å². The number of esters is 1. The Labute approximate surface area is 479 Å². The molecule has 4 aromatic rings. The summed E-state index contributed by atoms with van der Waals surface area (Å²) in [5.74, 6) is 2.95. The summed E-state index contributed by atoms with van der Waals surface area (Å²) < 4.78 is 49.5. The summed E-state index contributed by atoms with van der Waals surface area (Å²) in [7, 11) is 0. The van der Waals surface area contributed by atoms with Gasteiger partial charge in [-0.25, -0.2) is 4.79 Å². The monoisotopic (exact) mass is 1090 g/mol. The van der Waals surface area contributed by atoms with E-state index in [4.69, 9.17) is 37.9 Å². The third-order valence-electron chi connectivity index (χ3n) is 14.4. The predicted octanol–water partition coefficient (Wildman–Crippen LogP) is 18.9. The predicted molar refractivity (Wildman–Crippen MR) is 324 cm³/mol. The maximum atomic E-state index is 13.8. The largest absolute Gasteiger partial charge is 0.494 e. The van der Waals surface area contributed by atoms with Crippen molar-refractivity contribution in [1.82, 2.24) is 0 Å². The zero-order valence-corrected chi connectivity index (χ0v) is 49.9. The van der Waals surface area contributed by atoms with Crippen molar-refractivity contribution < 1.29 is 47.8 Å². The zero-order valence-electron chi connectivity index (χ0n) is 49.9. The highest BCUT2D eigenvalue weighted by molar-refractivity contribution is 5.91. The minimum Gasteiger partial charge on any atom is -0.494 e. The molecule has 4 rings (SSSR count). The van der Waals surface area contributed by atoms with Gasteiger partial charge in [0.25, 0.3) is 0 Å². The molecule has 0 fully saturated rings. The van der Waals surface area contributed by atoms with E-state index in [0.717, 1.165) is 53.2 Å². The van der Waals surface area contributed by atoms with Crippen LogP contribution in [0, 0.1) is 0 Å². The molecular weight excluding hydrogens is 989 g/mol. The molecule has 0 radical (unpaired) electrons. The fourth-order valence-electron chi connectivity index (χ4n) is 9.49. The van der Waals surface area contributed by atoms with Gasteiger partial charge in [-0.05, 0) is 91.4 Å². The lowest BCUT2D eigenvalue weighted by atomic mass is 10.1. The average Bonchev–Trinajstić information content (AvgIpc) is 3.51. The fourth-order valence-corrected chi connectivity index (χ4v) is 9.49. The van der Waals surface area contributed by atoms with Gasteiger partial charge in [-0.3, -0.25) is 0 Å². The first-order valence-electron chi connectivity index (χ1n) is 31.5. The van der Waals surface area contributed by atoms with Crippen LogP contribution in [0.25, 0.3) is 0 Å². The molecular formula is C69H106O10. The molecule has 0 amide bonds. The first-order chi connectivity index (χ1) is 38.9. The van der Waals surface area contributed by atoms with Crippen molar-refractivity contribution in [2.75, 3.05) is 39.6 Å². The van der Waals surface area contributed by atoms with Crippen LogP contribution in [-0.2, 0) is 29.3 Å². The lowest BCUT2D eigenvalue weighted by molar-refractivity contribution is -0.0103. The van der Waals surface area contributed by atoms with Crippen LogP contribution in [0.15, 0.2) is 84.9 Å². The lowest BCUT2D eigenvalue weighted by Gasteiger charge is -2.19. The summed E-state index contributed by atoms with van der Waals surface area (Å²) in [6.45, 7) is 11.3. The summed E-state index contributed by atoms with van der Waals surface area (Å²) in [6.07, 6.45) is 38.1. The molecule has 0 heterocycles. The Morgan fingerprint density at radius 2 is 0.696 bits per heavy atom. The Bertz CT molecular complexity index is 1980. The van der Waals surface area contributed by atoms with Gasteiger partial charge in [-0.1, -0.05) is 231 Å². The molecule has 10 nitrogen and oxygen atoms in total. The molecule has 0 saturated heterocycles. The number of ether oxygens (including phenoxy) is 8. The molecule has 1 N–H and O–H groups in total. The van der Waals surface area contributed by atoms with Gasteiger partial charge in [-0.2, -0.15) is 0 Å². The highest BCUT2D eigenvalue weighted by Crippen LogP contribution is 2.41. The maximum absolute atomic E-state index is 13.8. The van der Waals surface area contributed by atoms with Crippen LogP contribution in [0.2, 0.25) is 0 Å². The van der Waals surface area contributed by atoms with Crippen molar-refractivity contribution >= 4 is 5.97 Å². The van der Waals surface area contributed by atoms with Gasteiger partial charge in [0.05, 0.1) is 44.7 Å². The number of carbonyl (C=O) groups excluding carboxylic acids is 1. The summed E-state index contributed by atoms with van der Waals surface area (Å²) in [6, 6.07) is 27.2. The molecule has 0 aliphatic carbocycles. The summed E-state index contributed by atoms with van der Waals surface area (Å²) >= 11 is 0. The van der Waals surface area contributed by atoms with Crippen molar-refractivity contribution in [3.05, 3.63) is 107 Å². The van der Waals surface area contributed by atoms with Crippen LogP contribution in [0.3, 0.4) is 0 Å². The number of hydrogen-bond donors (Lipinski definition) is 1. The van der Waals surface area contributed by atoms with E-state index in [0.29, 0.717) is 37.1 Å². The normalized spacial score (nSPS) is 11.6. The Kier molecular flexibility index (Phi) is 37.7. The van der Waals surface area contributed by atoms with E-state index in [-0.39, 0.29) is 45.2 Å². The van der Waals surface area contributed by atoms with Crippen LogP contribution in [-0.4, -0.2) is 56.8 Å². The Morgan fingerprint density at radius 3 is 1.01 bits per heavy atom. The van der Waals surface area contributed by atoms with Gasteiger partial charge in [0, 0.05) is 0 Å². The number of unbranched alkanes of at least 4 members (excludes halogenated alkanes) is 27. The Balaban J connectivity index is 1.43. The van der Waals surface area contributed by atoms with Crippen molar-refractivity contribution in [2.24, 2.45) is 0 Å². The molecule has 0 aromatic heterocycles. The summed E-state index contributed by atoms with van der Waals surface area (Å²) in [5, 5.41) is 9.27. The number of aliphatic hydroxyl groups is 1. The molecule has 79 heavy (non-hydrogen) atoms. The van der Waals surface area contributed by atoms with E-state index in [1.165, 1.54) is 173 Å². The van der Waals surface area contributed by atoms with Crippen LogP contribution in [0.5, 0.6) is 34.5 Å². The first kappa shape index (κ1) is 66.6. The third kappa shape index (κ3) is 31.6. The lowest BCUT2D eigenvalue weighted by Crippen LogP contribution is -2.20. The van der Waals surface area contributed by atoms with Gasteiger partial charge < -0.3 is 43.0 Å². The van der Waals surface area contributed by atoms with Gasteiger partial charge >= 0.3 is 5.97 Å². The second-order valence-electron chi connectivity index (χ2n) is 21.7. The molecule has 442 valence electrons. The second kappa shape index (κ2) is 44.8. The molecule has 1 atom stereocenters. The number of benzene rings is 4. The highest BCUT2D eigenvalue weighted by atomic mass is 16.6. The van der Waals surface area contributed by atoms with E-state index in [9.17, 15) is 9.90 Å². The molecule has 0 aliphatic rings. The van der Waals surface area contributed by atoms with Gasteiger partial charge in [0.1, 0.15) is 43.7 Å². The van der Waals surface area contributed by atoms with E-state index in [2.05, 4.69) is 20.8 Å². The number of hydrogen-bond acceptors (Lipinski definition) is 10. The standard InChI is InChI=1S/C69H106O10/c1-5-8-11-14-17-20-23-26-29-32-48-73-63-41-35-59(36-42-63)55-76-66-52-62(69(71)79-54-58(4)72-51-47-70)53-67(77-56-60-37-43-64(44-38-60)74-49-33-30-27-24-21-18-15-12-9-6-2)68(66)78-57-61-39-45-65(46-40-61)75-50-34-31-28-25-22-19-16-13-10-7-3/h35-46,52-53,58,70H,5-34,47-51,54-57H2,1-4H3/t58-/m0/s1. The molecule has 4 aromatic carbocycles. The second-order valence-corrected chi connectivity index (χ2v) is 21.7. The van der Waals surface area contributed by atoms with Crippen LogP contribution in [0.4, 0.5) is 0 Å². The zero-order chi connectivity index (χ0) is 56.1. The molecule has 0 saturated carbocycles. The van der Waals surface area contributed by atoms with Gasteiger partial charge in [-0.15, -0.1) is 0 Å². The number of rotatable bonds is 51.